The van der Waals surface area contributed by atoms with E-state index in [2.05, 4.69) is 27.9 Å². The molecular weight excluding hydrogens is 316 g/mol. The SMILES string of the molecule is CCCCCCNC(=NCCCNC(=O)c1cccc(O)c1)NCC. The standard InChI is InChI=1S/C19H32N4O2/c1-3-5-6-7-12-22-19(20-4-2)23-14-9-13-21-18(25)16-10-8-11-17(24)15-16/h8,10-11,15,24H,3-7,9,12-14H2,1-2H3,(H,21,25)(H2,20,22,23). The van der Waals surface area contributed by atoms with Crippen LogP contribution in [-0.4, -0.2) is 43.2 Å². The van der Waals surface area contributed by atoms with E-state index >= 15 is 0 Å². The van der Waals surface area contributed by atoms with Gasteiger partial charge >= 0.3 is 0 Å². The molecule has 1 amide bonds. The lowest BCUT2D eigenvalue weighted by molar-refractivity contribution is 0.0953. The van der Waals surface area contributed by atoms with Crippen molar-refractivity contribution in [1.82, 2.24) is 16.0 Å². The average molecular weight is 348 g/mol. The number of carbonyl (C=O) groups is 1. The van der Waals surface area contributed by atoms with Gasteiger partial charge in [-0.15, -0.1) is 0 Å². The number of nitrogens with one attached hydrogen (secondary N) is 3. The maximum absolute atomic E-state index is 11.9. The molecule has 0 spiro atoms. The Bertz CT molecular complexity index is 532. The smallest absolute Gasteiger partial charge is 0.251 e. The van der Waals surface area contributed by atoms with Crippen molar-refractivity contribution in [3.63, 3.8) is 0 Å². The van der Waals surface area contributed by atoms with Crippen molar-refractivity contribution in [3.05, 3.63) is 29.8 Å². The Hall–Kier alpha value is -2.24. The van der Waals surface area contributed by atoms with Crippen molar-refractivity contribution < 1.29 is 9.90 Å². The van der Waals surface area contributed by atoms with Crippen molar-refractivity contribution in [3.8, 4) is 5.75 Å². The number of carbonyl (C=O) groups excluding carboxylic acids is 1. The Morgan fingerprint density at radius 1 is 1.04 bits per heavy atom. The summed E-state index contributed by atoms with van der Waals surface area (Å²) in [6.07, 6.45) is 5.66. The Labute approximate surface area is 151 Å². The number of unbranched alkanes of at least 4 members (excludes halogenated alkanes) is 3. The summed E-state index contributed by atoms with van der Waals surface area (Å²) < 4.78 is 0. The number of nitrogens with zero attached hydrogens (tertiary/aromatic N) is 1. The first-order valence-electron chi connectivity index (χ1n) is 9.26. The molecule has 4 N–H and O–H groups in total. The molecule has 0 heterocycles. The average Bonchev–Trinajstić information content (AvgIpc) is 2.61. The van der Waals surface area contributed by atoms with Gasteiger partial charge in [-0.25, -0.2) is 0 Å². The molecular formula is C19H32N4O2. The minimum absolute atomic E-state index is 0.0949. The van der Waals surface area contributed by atoms with Crippen LogP contribution in [0.3, 0.4) is 0 Å². The van der Waals surface area contributed by atoms with E-state index in [0.29, 0.717) is 18.7 Å². The number of benzene rings is 1. The zero-order valence-corrected chi connectivity index (χ0v) is 15.5. The van der Waals surface area contributed by atoms with Gasteiger partial charge in [0.25, 0.3) is 5.91 Å². The molecule has 140 valence electrons. The van der Waals surface area contributed by atoms with Gasteiger partial charge in [-0.2, -0.15) is 0 Å². The fraction of sp³-hybridized carbons (Fsp3) is 0.579. The van der Waals surface area contributed by atoms with E-state index in [9.17, 15) is 9.90 Å². The molecule has 6 heteroatoms. The number of phenols is 1. The summed E-state index contributed by atoms with van der Waals surface area (Å²) >= 11 is 0. The molecule has 25 heavy (non-hydrogen) atoms. The Morgan fingerprint density at radius 2 is 1.84 bits per heavy atom. The summed E-state index contributed by atoms with van der Waals surface area (Å²) in [6, 6.07) is 6.34. The first kappa shape index (κ1) is 20.8. The van der Waals surface area contributed by atoms with Crippen LogP contribution >= 0.6 is 0 Å². The normalized spacial score (nSPS) is 11.2. The molecule has 0 atom stereocenters. The summed E-state index contributed by atoms with van der Waals surface area (Å²) in [5.74, 6) is 0.747. The number of amides is 1. The van der Waals surface area contributed by atoms with Crippen LogP contribution in [0.4, 0.5) is 0 Å². The number of aromatic hydroxyl groups is 1. The van der Waals surface area contributed by atoms with Gasteiger partial charge in [0, 0.05) is 31.7 Å². The van der Waals surface area contributed by atoms with Crippen LogP contribution in [0.25, 0.3) is 0 Å². The van der Waals surface area contributed by atoms with Gasteiger partial charge in [0.15, 0.2) is 5.96 Å². The van der Waals surface area contributed by atoms with Crippen LogP contribution in [0.1, 0.15) is 56.3 Å². The van der Waals surface area contributed by atoms with Crippen molar-refractivity contribution in [2.24, 2.45) is 4.99 Å². The van der Waals surface area contributed by atoms with Crippen molar-refractivity contribution >= 4 is 11.9 Å². The zero-order chi connectivity index (χ0) is 18.3. The number of phenolic OH excluding ortho intramolecular Hbond substituents is 1. The number of hydrogen-bond acceptors (Lipinski definition) is 3. The summed E-state index contributed by atoms with van der Waals surface area (Å²) in [4.78, 5) is 16.5. The lowest BCUT2D eigenvalue weighted by Crippen LogP contribution is -2.38. The summed E-state index contributed by atoms with van der Waals surface area (Å²) in [5.41, 5.74) is 0.464. The van der Waals surface area contributed by atoms with Crippen LogP contribution in [0.15, 0.2) is 29.3 Å². The summed E-state index contributed by atoms with van der Waals surface area (Å²) in [5, 5.41) is 18.8. The third-order valence-electron chi connectivity index (χ3n) is 3.67. The van der Waals surface area contributed by atoms with E-state index in [1.54, 1.807) is 18.2 Å². The number of rotatable bonds is 11. The van der Waals surface area contributed by atoms with E-state index in [-0.39, 0.29) is 11.7 Å². The molecule has 6 nitrogen and oxygen atoms in total. The molecule has 0 aliphatic rings. The van der Waals surface area contributed by atoms with E-state index < -0.39 is 0 Å². The van der Waals surface area contributed by atoms with Crippen molar-refractivity contribution in [2.45, 2.75) is 46.0 Å². The van der Waals surface area contributed by atoms with E-state index in [0.717, 1.165) is 31.9 Å². The third kappa shape index (κ3) is 9.59. The van der Waals surface area contributed by atoms with Crippen molar-refractivity contribution in [2.75, 3.05) is 26.2 Å². The Morgan fingerprint density at radius 3 is 2.56 bits per heavy atom. The highest BCUT2D eigenvalue weighted by Gasteiger charge is 2.04. The van der Waals surface area contributed by atoms with Crippen LogP contribution in [0.2, 0.25) is 0 Å². The molecule has 0 aliphatic heterocycles. The van der Waals surface area contributed by atoms with Crippen LogP contribution < -0.4 is 16.0 Å². The minimum atomic E-state index is -0.180. The molecule has 1 aromatic rings. The van der Waals surface area contributed by atoms with E-state index in [1.165, 1.54) is 25.3 Å². The zero-order valence-electron chi connectivity index (χ0n) is 15.5. The first-order valence-corrected chi connectivity index (χ1v) is 9.26. The van der Waals surface area contributed by atoms with E-state index in [4.69, 9.17) is 0 Å². The minimum Gasteiger partial charge on any atom is -0.508 e. The number of guanidine groups is 1. The second kappa shape index (κ2) is 13.1. The highest BCUT2D eigenvalue weighted by molar-refractivity contribution is 5.94. The number of aliphatic imine (C=N–C) groups is 1. The van der Waals surface area contributed by atoms with Gasteiger partial charge < -0.3 is 21.1 Å². The fourth-order valence-corrected chi connectivity index (χ4v) is 2.32. The van der Waals surface area contributed by atoms with Gasteiger partial charge in [0.05, 0.1) is 0 Å². The molecule has 0 aromatic heterocycles. The van der Waals surface area contributed by atoms with Crippen LogP contribution in [0, 0.1) is 0 Å². The molecule has 0 radical (unpaired) electrons. The second-order valence-corrected chi connectivity index (χ2v) is 5.91. The maximum Gasteiger partial charge on any atom is 0.251 e. The molecule has 1 rings (SSSR count). The molecule has 1 aromatic carbocycles. The highest BCUT2D eigenvalue weighted by atomic mass is 16.3. The van der Waals surface area contributed by atoms with E-state index in [1.807, 2.05) is 6.92 Å². The predicted molar refractivity (Wildman–Crippen MR) is 103 cm³/mol. The van der Waals surface area contributed by atoms with Gasteiger partial charge in [0.2, 0.25) is 0 Å². The summed E-state index contributed by atoms with van der Waals surface area (Å²) in [6.45, 7) is 7.20. The maximum atomic E-state index is 11.9. The van der Waals surface area contributed by atoms with Crippen LogP contribution in [-0.2, 0) is 0 Å². The van der Waals surface area contributed by atoms with Gasteiger partial charge in [-0.3, -0.25) is 9.79 Å². The van der Waals surface area contributed by atoms with Gasteiger partial charge in [0.1, 0.15) is 5.75 Å². The molecule has 0 fully saturated rings. The summed E-state index contributed by atoms with van der Waals surface area (Å²) in [7, 11) is 0. The largest absolute Gasteiger partial charge is 0.508 e. The third-order valence-corrected chi connectivity index (χ3v) is 3.67. The second-order valence-electron chi connectivity index (χ2n) is 5.91. The molecule has 0 aliphatic carbocycles. The monoisotopic (exact) mass is 348 g/mol. The fourth-order valence-electron chi connectivity index (χ4n) is 2.32. The quantitative estimate of drug-likeness (QED) is 0.281. The molecule has 0 saturated heterocycles. The lowest BCUT2D eigenvalue weighted by Gasteiger charge is -2.11. The Kier molecular flexibility index (Phi) is 10.9. The van der Waals surface area contributed by atoms with Crippen LogP contribution in [0.5, 0.6) is 5.75 Å². The van der Waals surface area contributed by atoms with Crippen molar-refractivity contribution in [1.29, 1.82) is 0 Å². The molecule has 0 unspecified atom stereocenters. The Balaban J connectivity index is 2.25. The molecule has 0 bridgehead atoms. The lowest BCUT2D eigenvalue weighted by atomic mass is 10.2. The number of hydrogen-bond donors (Lipinski definition) is 4. The molecule has 0 saturated carbocycles. The predicted octanol–water partition coefficient (Wildman–Crippen LogP) is 2.65. The highest BCUT2D eigenvalue weighted by Crippen LogP contribution is 2.10. The first-order chi connectivity index (χ1) is 12.2. The topological polar surface area (TPSA) is 85.8 Å². The van der Waals surface area contributed by atoms with Gasteiger partial charge in [-0.05, 0) is 38.0 Å². The van der Waals surface area contributed by atoms with Gasteiger partial charge in [-0.1, -0.05) is 32.3 Å².